The molecule has 174 valence electrons. The number of imidazole rings is 1. The number of nitrogens with zero attached hydrogens (tertiary/aromatic N) is 7. The fraction of sp³-hybridized carbons (Fsp3) is 0.292. The Morgan fingerprint density at radius 1 is 1.24 bits per heavy atom. The number of halogens is 1. The third-order valence-electron chi connectivity index (χ3n) is 5.84. The molecule has 4 aromatic rings. The van der Waals surface area contributed by atoms with Crippen molar-refractivity contribution in [2.45, 2.75) is 45.6 Å². The largest absolute Gasteiger partial charge is 0.310 e. The molecule has 1 aliphatic rings. The van der Waals surface area contributed by atoms with Gasteiger partial charge in [0.2, 0.25) is 0 Å². The average Bonchev–Trinajstić information content (AvgIpc) is 3.34. The quantitative estimate of drug-likeness (QED) is 0.250. The predicted octanol–water partition coefficient (Wildman–Crippen LogP) is 4.49. The third-order valence-corrected chi connectivity index (χ3v) is 5.84. The van der Waals surface area contributed by atoms with E-state index in [2.05, 4.69) is 25.2 Å². The van der Waals surface area contributed by atoms with Crippen LogP contribution in [0.5, 0.6) is 0 Å². The summed E-state index contributed by atoms with van der Waals surface area (Å²) in [6.07, 6.45) is 7.65. The highest BCUT2D eigenvalue weighted by Crippen LogP contribution is 2.39. The van der Waals surface area contributed by atoms with Gasteiger partial charge in [0, 0.05) is 18.2 Å². The second-order valence-corrected chi connectivity index (χ2v) is 8.71. The number of nitrogens with one attached hydrogen (secondary N) is 1. The van der Waals surface area contributed by atoms with Gasteiger partial charge in [-0.15, -0.1) is 10.2 Å². The molecule has 0 bridgehead atoms. The van der Waals surface area contributed by atoms with Gasteiger partial charge in [0.15, 0.2) is 17.5 Å². The van der Waals surface area contributed by atoms with Crippen LogP contribution in [0.4, 0.5) is 10.2 Å². The van der Waals surface area contributed by atoms with E-state index >= 15 is 0 Å². The molecule has 9 nitrogen and oxygen atoms in total. The Hall–Kier alpha value is -3.92. The van der Waals surface area contributed by atoms with Gasteiger partial charge < -0.3 is 9.13 Å². The summed E-state index contributed by atoms with van der Waals surface area (Å²) >= 11 is 0. The first-order valence-electron chi connectivity index (χ1n) is 11.1. The lowest BCUT2D eigenvalue weighted by atomic mass is 10.1. The minimum Gasteiger partial charge on any atom is -0.310 e. The Kier molecular flexibility index (Phi) is 5.66. The SMILES string of the molecule is Cc1cc(F)c(C(=Nc2cccc(-c3nncn3C(C)C)n2)NO)cc1-n1cnc(C2CC2)c1. The van der Waals surface area contributed by atoms with Crippen LogP contribution in [0, 0.1) is 12.7 Å². The lowest BCUT2D eigenvalue weighted by Crippen LogP contribution is -2.22. The summed E-state index contributed by atoms with van der Waals surface area (Å²) in [6, 6.07) is 8.46. The van der Waals surface area contributed by atoms with Crippen LogP contribution in [0.1, 0.15) is 55.5 Å². The Morgan fingerprint density at radius 2 is 2.06 bits per heavy atom. The van der Waals surface area contributed by atoms with E-state index in [-0.39, 0.29) is 23.3 Å². The smallest absolute Gasteiger partial charge is 0.182 e. The monoisotopic (exact) mass is 460 g/mol. The number of hydrogen-bond donors (Lipinski definition) is 2. The number of rotatable bonds is 6. The number of aliphatic imine (C=N–C) groups is 1. The van der Waals surface area contributed by atoms with Gasteiger partial charge in [-0.25, -0.2) is 19.4 Å². The summed E-state index contributed by atoms with van der Waals surface area (Å²) in [5, 5.41) is 18.0. The molecule has 0 atom stereocenters. The van der Waals surface area contributed by atoms with Crippen molar-refractivity contribution < 1.29 is 9.60 Å². The summed E-state index contributed by atoms with van der Waals surface area (Å²) in [4.78, 5) is 13.4. The maximum atomic E-state index is 15.0. The Balaban J connectivity index is 1.53. The van der Waals surface area contributed by atoms with Crippen LogP contribution in [0.15, 0.2) is 54.2 Å². The maximum Gasteiger partial charge on any atom is 0.182 e. The molecule has 0 unspecified atom stereocenters. The van der Waals surface area contributed by atoms with E-state index in [4.69, 9.17) is 0 Å². The number of aryl methyl sites for hydroxylation is 1. The maximum absolute atomic E-state index is 15.0. The van der Waals surface area contributed by atoms with Crippen LogP contribution in [-0.2, 0) is 0 Å². The van der Waals surface area contributed by atoms with E-state index in [0.717, 1.165) is 29.8 Å². The number of hydroxylamine groups is 1. The highest BCUT2D eigenvalue weighted by Gasteiger charge is 2.26. The molecule has 0 amide bonds. The van der Waals surface area contributed by atoms with Crippen molar-refractivity contribution in [2.24, 2.45) is 4.99 Å². The van der Waals surface area contributed by atoms with E-state index in [9.17, 15) is 9.60 Å². The summed E-state index contributed by atoms with van der Waals surface area (Å²) in [5.74, 6) is 0.821. The van der Waals surface area contributed by atoms with Crippen molar-refractivity contribution in [1.29, 1.82) is 0 Å². The second kappa shape index (κ2) is 8.79. The van der Waals surface area contributed by atoms with Crippen LogP contribution >= 0.6 is 0 Å². The number of aromatic nitrogens is 6. The first-order valence-corrected chi connectivity index (χ1v) is 11.1. The van der Waals surface area contributed by atoms with Gasteiger partial charge in [0.05, 0.1) is 23.3 Å². The molecule has 2 N–H and O–H groups in total. The van der Waals surface area contributed by atoms with Crippen LogP contribution in [0.2, 0.25) is 0 Å². The van der Waals surface area contributed by atoms with E-state index in [1.165, 1.54) is 6.07 Å². The van der Waals surface area contributed by atoms with Crippen LogP contribution < -0.4 is 5.48 Å². The molecular weight excluding hydrogens is 435 g/mol. The summed E-state index contributed by atoms with van der Waals surface area (Å²) in [5.41, 5.74) is 5.25. The zero-order valence-electron chi connectivity index (χ0n) is 19.1. The van der Waals surface area contributed by atoms with E-state index < -0.39 is 5.82 Å². The number of benzene rings is 1. The summed E-state index contributed by atoms with van der Waals surface area (Å²) in [6.45, 7) is 5.88. The Bertz CT molecular complexity index is 1370. The molecule has 34 heavy (non-hydrogen) atoms. The standard InChI is InChI=1S/C24H25FN8O/c1-14(2)33-13-27-30-24(33)19-5-4-6-22(28-19)29-23(31-34)17-10-21(15(3)9-18(17)25)32-11-20(26-12-32)16-7-8-16/h4-6,9-14,16,34H,7-8H2,1-3H3,(H,28,29,31). The fourth-order valence-corrected chi connectivity index (χ4v) is 3.85. The van der Waals surface area contributed by atoms with E-state index in [0.29, 0.717) is 17.4 Å². The molecule has 3 aromatic heterocycles. The minimum absolute atomic E-state index is 0.0590. The molecule has 1 aromatic carbocycles. The highest BCUT2D eigenvalue weighted by molar-refractivity contribution is 6.00. The van der Waals surface area contributed by atoms with Crippen LogP contribution in [0.3, 0.4) is 0 Å². The van der Waals surface area contributed by atoms with E-state index in [1.807, 2.05) is 41.6 Å². The van der Waals surface area contributed by atoms with E-state index in [1.54, 1.807) is 36.9 Å². The van der Waals surface area contributed by atoms with Crippen LogP contribution in [-0.4, -0.2) is 40.3 Å². The van der Waals surface area contributed by atoms with Gasteiger partial charge >= 0.3 is 0 Å². The number of pyridine rings is 1. The molecule has 1 aliphatic carbocycles. The molecule has 10 heteroatoms. The van der Waals surface area contributed by atoms with Gasteiger partial charge in [-0.05, 0) is 63.4 Å². The van der Waals surface area contributed by atoms with Gasteiger partial charge in [-0.2, -0.15) is 0 Å². The third kappa shape index (κ3) is 4.19. The molecule has 1 saturated carbocycles. The minimum atomic E-state index is -0.514. The van der Waals surface area contributed by atoms with Crippen molar-refractivity contribution in [1.82, 2.24) is 34.8 Å². The first-order chi connectivity index (χ1) is 16.4. The number of hydrogen-bond acceptors (Lipinski definition) is 6. The van der Waals surface area contributed by atoms with Crippen molar-refractivity contribution in [3.8, 4) is 17.2 Å². The molecule has 0 spiro atoms. The molecule has 3 heterocycles. The van der Waals surface area contributed by atoms with Crippen molar-refractivity contribution >= 4 is 11.7 Å². The molecule has 0 radical (unpaired) electrons. The van der Waals surface area contributed by atoms with Crippen molar-refractivity contribution in [3.63, 3.8) is 0 Å². The zero-order valence-corrected chi connectivity index (χ0v) is 19.1. The molecule has 5 rings (SSSR count). The molecular formula is C24H25FN8O. The molecule has 0 saturated heterocycles. The normalized spacial score (nSPS) is 14.1. The van der Waals surface area contributed by atoms with Gasteiger partial charge in [-0.3, -0.25) is 10.7 Å². The lowest BCUT2D eigenvalue weighted by Gasteiger charge is -2.13. The van der Waals surface area contributed by atoms with Crippen molar-refractivity contribution in [2.75, 3.05) is 0 Å². The van der Waals surface area contributed by atoms with Gasteiger partial charge in [0.1, 0.15) is 17.8 Å². The molecule has 0 aliphatic heterocycles. The Labute approximate surface area is 196 Å². The molecule has 1 fully saturated rings. The second-order valence-electron chi connectivity index (χ2n) is 8.71. The average molecular weight is 461 g/mol. The zero-order chi connectivity index (χ0) is 23.8. The highest BCUT2D eigenvalue weighted by atomic mass is 19.1. The van der Waals surface area contributed by atoms with Crippen LogP contribution in [0.25, 0.3) is 17.2 Å². The fourth-order valence-electron chi connectivity index (χ4n) is 3.85. The predicted molar refractivity (Wildman–Crippen MR) is 125 cm³/mol. The van der Waals surface area contributed by atoms with Gasteiger partial charge in [-0.1, -0.05) is 6.07 Å². The lowest BCUT2D eigenvalue weighted by molar-refractivity contribution is 0.234. The first kappa shape index (κ1) is 21.9. The van der Waals surface area contributed by atoms with Crippen molar-refractivity contribution in [3.05, 3.63) is 71.8 Å². The van der Waals surface area contributed by atoms with Gasteiger partial charge in [0.25, 0.3) is 0 Å². The summed E-state index contributed by atoms with van der Waals surface area (Å²) in [7, 11) is 0. The topological polar surface area (TPSA) is 106 Å². The summed E-state index contributed by atoms with van der Waals surface area (Å²) < 4.78 is 18.7. The number of amidine groups is 1. The Morgan fingerprint density at radius 3 is 2.79 bits per heavy atom.